The Morgan fingerprint density at radius 2 is 1.74 bits per heavy atom. The van der Waals surface area contributed by atoms with E-state index in [9.17, 15) is 10.2 Å². The number of aliphatic hydroxyl groups excluding tert-OH is 1. The highest BCUT2D eigenvalue weighted by Gasteiger charge is 2.57. The number of aliphatic hydroxyl groups is 2. The van der Waals surface area contributed by atoms with E-state index < -0.39 is 5.60 Å². The zero-order valence-corrected chi connectivity index (χ0v) is 21.3. The molecule has 0 spiro atoms. The molecular weight excluding hydrogens is 380 g/mol. The topological polar surface area (TPSA) is 40.5 Å². The van der Waals surface area contributed by atoms with Gasteiger partial charge in [0.1, 0.15) is 0 Å². The number of allylic oxidation sites excluding steroid dienone is 3. The molecule has 2 nitrogen and oxygen atoms in total. The molecule has 3 unspecified atom stereocenters. The van der Waals surface area contributed by atoms with Gasteiger partial charge in [-0.2, -0.15) is 0 Å². The molecule has 4 aliphatic carbocycles. The zero-order chi connectivity index (χ0) is 22.8. The van der Waals surface area contributed by atoms with Gasteiger partial charge in [0.25, 0.3) is 0 Å². The first kappa shape index (κ1) is 23.6. The van der Waals surface area contributed by atoms with Crippen LogP contribution in [0.4, 0.5) is 0 Å². The standard InChI is InChI=1S/C29H48O2/c1-18(20(3)27(4,5)31)16-19(2)24-10-11-25-23-9-8-21-17-22(30)12-14-28(21,6)26(23)13-15-29(24,25)7/h8,18,20,22-23,25-26,30-31H,9-17H2,1-7H3/b24-19+/t18?,20?,22?,23-,25-,26-,28-,29+/m0/s1. The lowest BCUT2D eigenvalue weighted by molar-refractivity contribution is -0.0271. The van der Waals surface area contributed by atoms with Crippen LogP contribution in [0, 0.1) is 40.4 Å². The normalized spacial score (nSPS) is 44.0. The summed E-state index contributed by atoms with van der Waals surface area (Å²) in [6.45, 7) is 16.0. The average Bonchev–Trinajstić information content (AvgIpc) is 3.04. The quantitative estimate of drug-likeness (QED) is 0.471. The van der Waals surface area contributed by atoms with Crippen molar-refractivity contribution in [1.82, 2.24) is 0 Å². The summed E-state index contributed by atoms with van der Waals surface area (Å²) in [7, 11) is 0. The van der Waals surface area contributed by atoms with Crippen LogP contribution in [-0.4, -0.2) is 21.9 Å². The SMILES string of the molecule is C/C(CC(C)C(C)C(C)(C)O)=C1/CC[C@H]2[C@@H]3CC=C4CC(O)CC[C@]4(C)[C@H]3CC[C@]12C. The van der Waals surface area contributed by atoms with Crippen LogP contribution in [0.25, 0.3) is 0 Å². The second-order valence-corrected chi connectivity index (χ2v) is 13.0. The molecule has 31 heavy (non-hydrogen) atoms. The minimum absolute atomic E-state index is 0.110. The van der Waals surface area contributed by atoms with Crippen LogP contribution in [0.15, 0.2) is 22.8 Å². The molecule has 0 aromatic carbocycles. The molecule has 0 radical (unpaired) electrons. The third kappa shape index (κ3) is 3.88. The first-order valence-corrected chi connectivity index (χ1v) is 13.2. The maximum atomic E-state index is 10.5. The fourth-order valence-corrected chi connectivity index (χ4v) is 8.63. The molecule has 0 aromatic heterocycles. The molecule has 2 N–H and O–H groups in total. The van der Waals surface area contributed by atoms with Gasteiger partial charge >= 0.3 is 0 Å². The molecule has 4 rings (SSSR count). The Labute approximate surface area is 191 Å². The molecule has 2 heteroatoms. The molecule has 0 bridgehead atoms. The lowest BCUT2D eigenvalue weighted by Gasteiger charge is -2.57. The van der Waals surface area contributed by atoms with E-state index in [-0.39, 0.29) is 6.10 Å². The summed E-state index contributed by atoms with van der Waals surface area (Å²) < 4.78 is 0. The van der Waals surface area contributed by atoms with Crippen molar-refractivity contribution in [2.24, 2.45) is 40.4 Å². The minimum atomic E-state index is -0.611. The Balaban J connectivity index is 1.56. The maximum Gasteiger partial charge on any atom is 0.0619 e. The Hall–Kier alpha value is -0.600. The molecular formula is C29H48O2. The van der Waals surface area contributed by atoms with Crippen LogP contribution in [0.3, 0.4) is 0 Å². The molecule has 4 aliphatic rings. The highest BCUT2D eigenvalue weighted by molar-refractivity contribution is 5.31. The van der Waals surface area contributed by atoms with Crippen molar-refractivity contribution < 1.29 is 10.2 Å². The van der Waals surface area contributed by atoms with Crippen molar-refractivity contribution in [3.63, 3.8) is 0 Å². The summed E-state index contributed by atoms with van der Waals surface area (Å²) in [5.74, 6) is 3.25. The Bertz CT molecular complexity index is 755. The van der Waals surface area contributed by atoms with Gasteiger partial charge < -0.3 is 10.2 Å². The van der Waals surface area contributed by atoms with E-state index in [1.54, 1.807) is 16.7 Å². The molecule has 8 atom stereocenters. The summed E-state index contributed by atoms with van der Waals surface area (Å²) >= 11 is 0. The van der Waals surface area contributed by atoms with E-state index >= 15 is 0 Å². The van der Waals surface area contributed by atoms with Crippen LogP contribution >= 0.6 is 0 Å². The average molecular weight is 429 g/mol. The zero-order valence-electron chi connectivity index (χ0n) is 21.3. The van der Waals surface area contributed by atoms with E-state index in [0.29, 0.717) is 22.7 Å². The van der Waals surface area contributed by atoms with Gasteiger partial charge in [-0.3, -0.25) is 0 Å². The van der Waals surface area contributed by atoms with Gasteiger partial charge in [-0.1, -0.05) is 50.5 Å². The lowest BCUT2D eigenvalue weighted by Crippen LogP contribution is -2.49. The number of fused-ring (bicyclic) bond motifs is 5. The fraction of sp³-hybridized carbons (Fsp3) is 0.862. The first-order chi connectivity index (χ1) is 14.4. The third-order valence-corrected chi connectivity index (χ3v) is 11.0. The van der Waals surface area contributed by atoms with E-state index in [0.717, 1.165) is 37.0 Å². The van der Waals surface area contributed by atoms with Gasteiger partial charge in [0.15, 0.2) is 0 Å². The van der Waals surface area contributed by atoms with E-state index in [2.05, 4.69) is 40.7 Å². The first-order valence-electron chi connectivity index (χ1n) is 13.2. The fourth-order valence-electron chi connectivity index (χ4n) is 8.63. The predicted octanol–water partition coefficient (Wildman–Crippen LogP) is 7.06. The van der Waals surface area contributed by atoms with Crippen LogP contribution in [0.2, 0.25) is 0 Å². The van der Waals surface area contributed by atoms with Crippen molar-refractivity contribution >= 4 is 0 Å². The molecule has 0 amide bonds. The molecule has 0 saturated heterocycles. The Kier molecular flexibility index (Phi) is 6.09. The van der Waals surface area contributed by atoms with Crippen molar-refractivity contribution in [1.29, 1.82) is 0 Å². The van der Waals surface area contributed by atoms with Crippen LogP contribution < -0.4 is 0 Å². The van der Waals surface area contributed by atoms with Gasteiger partial charge in [0, 0.05) is 0 Å². The van der Waals surface area contributed by atoms with Gasteiger partial charge in [0.2, 0.25) is 0 Å². The summed E-state index contributed by atoms with van der Waals surface area (Å²) in [5, 5.41) is 20.7. The van der Waals surface area contributed by atoms with Gasteiger partial charge in [0.05, 0.1) is 11.7 Å². The van der Waals surface area contributed by atoms with Crippen molar-refractivity contribution in [2.45, 2.75) is 118 Å². The molecule has 0 aliphatic heterocycles. The van der Waals surface area contributed by atoms with Crippen molar-refractivity contribution in [3.8, 4) is 0 Å². The minimum Gasteiger partial charge on any atom is -0.393 e. The van der Waals surface area contributed by atoms with Gasteiger partial charge in [-0.25, -0.2) is 0 Å². The highest BCUT2D eigenvalue weighted by Crippen LogP contribution is 2.66. The van der Waals surface area contributed by atoms with Crippen LogP contribution in [0.1, 0.15) is 106 Å². The number of rotatable bonds is 4. The van der Waals surface area contributed by atoms with Crippen LogP contribution in [-0.2, 0) is 0 Å². The predicted molar refractivity (Wildman–Crippen MR) is 130 cm³/mol. The molecule has 3 fully saturated rings. The lowest BCUT2D eigenvalue weighted by atomic mass is 9.47. The summed E-state index contributed by atoms with van der Waals surface area (Å²) in [6.07, 6.45) is 13.2. The van der Waals surface area contributed by atoms with E-state index in [4.69, 9.17) is 0 Å². The van der Waals surface area contributed by atoms with Crippen LogP contribution in [0.5, 0.6) is 0 Å². The highest BCUT2D eigenvalue weighted by atomic mass is 16.3. The second-order valence-electron chi connectivity index (χ2n) is 13.0. The number of hydrogen-bond acceptors (Lipinski definition) is 2. The van der Waals surface area contributed by atoms with E-state index in [1.807, 2.05) is 13.8 Å². The van der Waals surface area contributed by atoms with Crippen molar-refractivity contribution in [2.75, 3.05) is 0 Å². The van der Waals surface area contributed by atoms with E-state index in [1.165, 1.54) is 38.5 Å². The maximum absolute atomic E-state index is 10.5. The summed E-state index contributed by atoms with van der Waals surface area (Å²) in [4.78, 5) is 0. The van der Waals surface area contributed by atoms with Gasteiger partial charge in [-0.15, -0.1) is 0 Å². The molecule has 3 saturated carbocycles. The molecule has 176 valence electrons. The summed E-state index contributed by atoms with van der Waals surface area (Å²) in [5.41, 5.74) is 5.06. The largest absolute Gasteiger partial charge is 0.393 e. The Morgan fingerprint density at radius 1 is 1.10 bits per heavy atom. The second kappa shape index (κ2) is 8.01. The van der Waals surface area contributed by atoms with Gasteiger partial charge in [-0.05, 0) is 119 Å². The summed E-state index contributed by atoms with van der Waals surface area (Å²) in [6, 6.07) is 0. The molecule has 0 aromatic rings. The Morgan fingerprint density at radius 3 is 2.42 bits per heavy atom. The smallest absolute Gasteiger partial charge is 0.0619 e. The third-order valence-electron chi connectivity index (χ3n) is 11.0. The number of hydrogen-bond donors (Lipinski definition) is 2. The van der Waals surface area contributed by atoms with Crippen molar-refractivity contribution in [3.05, 3.63) is 22.8 Å². The monoisotopic (exact) mass is 428 g/mol. The molecule has 0 heterocycles.